The standard InChI is InChI=1S/C25H30ClN3O4/c1-32-18-10-12-21(23(15-18)33-2)28-25(31)27-17-9-11-19(20(26)14-17)24(30)29-13-5-7-16-6-3-4-8-22(16)29/h9-12,14-16,22H,3-8,13H2,1-2H3,(H2,27,28,31)/t16-,22-/m1/s1. The van der Waals surface area contributed by atoms with Crippen LogP contribution in [0, 0.1) is 5.92 Å². The Morgan fingerprint density at radius 3 is 2.52 bits per heavy atom. The number of methoxy groups -OCH3 is 2. The van der Waals surface area contributed by atoms with E-state index in [0.717, 1.165) is 19.4 Å². The van der Waals surface area contributed by atoms with Crippen molar-refractivity contribution < 1.29 is 19.1 Å². The first-order valence-corrected chi connectivity index (χ1v) is 11.8. The number of amides is 3. The van der Waals surface area contributed by atoms with Gasteiger partial charge in [0.1, 0.15) is 11.5 Å². The molecular weight excluding hydrogens is 442 g/mol. The van der Waals surface area contributed by atoms with Gasteiger partial charge >= 0.3 is 6.03 Å². The van der Waals surface area contributed by atoms with Gasteiger partial charge in [0, 0.05) is 24.3 Å². The molecule has 0 aromatic heterocycles. The van der Waals surface area contributed by atoms with Crippen LogP contribution in [-0.2, 0) is 0 Å². The summed E-state index contributed by atoms with van der Waals surface area (Å²) < 4.78 is 10.5. The fourth-order valence-electron chi connectivity index (χ4n) is 4.98. The molecule has 1 aliphatic heterocycles. The highest BCUT2D eigenvalue weighted by Gasteiger charge is 2.36. The monoisotopic (exact) mass is 471 g/mol. The van der Waals surface area contributed by atoms with Crippen molar-refractivity contribution in [2.75, 3.05) is 31.4 Å². The first-order valence-electron chi connectivity index (χ1n) is 11.4. The molecule has 1 saturated carbocycles. The topological polar surface area (TPSA) is 79.9 Å². The van der Waals surface area contributed by atoms with Crippen molar-refractivity contribution in [2.24, 2.45) is 5.92 Å². The minimum atomic E-state index is -0.449. The summed E-state index contributed by atoms with van der Waals surface area (Å²) in [4.78, 5) is 27.8. The molecule has 2 aliphatic rings. The lowest BCUT2D eigenvalue weighted by Gasteiger charge is -2.44. The van der Waals surface area contributed by atoms with E-state index in [0.29, 0.717) is 45.4 Å². The lowest BCUT2D eigenvalue weighted by molar-refractivity contribution is 0.0391. The number of fused-ring (bicyclic) bond motifs is 1. The highest BCUT2D eigenvalue weighted by Crippen LogP contribution is 2.37. The van der Waals surface area contributed by atoms with Crippen molar-refractivity contribution in [2.45, 2.75) is 44.6 Å². The SMILES string of the molecule is COc1ccc(NC(=O)Nc2ccc(C(=O)N3CCC[C@H]4CCCC[C@H]43)c(Cl)c2)c(OC)c1. The number of ether oxygens (including phenoxy) is 2. The fraction of sp³-hybridized carbons (Fsp3) is 0.440. The highest BCUT2D eigenvalue weighted by molar-refractivity contribution is 6.34. The molecule has 1 heterocycles. The van der Waals surface area contributed by atoms with Crippen LogP contribution in [0.4, 0.5) is 16.2 Å². The Hall–Kier alpha value is -2.93. The highest BCUT2D eigenvalue weighted by atomic mass is 35.5. The summed E-state index contributed by atoms with van der Waals surface area (Å²) in [5.41, 5.74) is 1.47. The van der Waals surface area contributed by atoms with Crippen LogP contribution >= 0.6 is 11.6 Å². The summed E-state index contributed by atoms with van der Waals surface area (Å²) in [5.74, 6) is 1.69. The Morgan fingerprint density at radius 2 is 1.76 bits per heavy atom. The second kappa shape index (κ2) is 10.3. The van der Waals surface area contributed by atoms with E-state index >= 15 is 0 Å². The molecule has 2 fully saturated rings. The van der Waals surface area contributed by atoms with Crippen LogP contribution in [0.3, 0.4) is 0 Å². The van der Waals surface area contributed by atoms with Crippen molar-refractivity contribution in [1.82, 2.24) is 4.90 Å². The zero-order chi connectivity index (χ0) is 23.4. The van der Waals surface area contributed by atoms with Gasteiger partial charge in [0.05, 0.1) is 30.5 Å². The normalized spacial score (nSPS) is 19.9. The number of hydrogen-bond acceptors (Lipinski definition) is 4. The number of carbonyl (C=O) groups is 2. The maximum Gasteiger partial charge on any atom is 0.323 e. The van der Waals surface area contributed by atoms with Crippen LogP contribution in [0.1, 0.15) is 48.9 Å². The Morgan fingerprint density at radius 1 is 0.970 bits per heavy atom. The van der Waals surface area contributed by atoms with Gasteiger partial charge in [0.15, 0.2) is 0 Å². The molecule has 33 heavy (non-hydrogen) atoms. The van der Waals surface area contributed by atoms with E-state index in [1.165, 1.54) is 32.8 Å². The molecule has 7 nitrogen and oxygen atoms in total. The number of urea groups is 1. The van der Waals surface area contributed by atoms with Crippen LogP contribution in [0.15, 0.2) is 36.4 Å². The van der Waals surface area contributed by atoms with Gasteiger partial charge in [-0.05, 0) is 61.9 Å². The number of likely N-dealkylation sites (tertiary alicyclic amines) is 1. The van der Waals surface area contributed by atoms with Gasteiger partial charge in [-0.1, -0.05) is 24.4 Å². The van der Waals surface area contributed by atoms with Gasteiger partial charge in [0.25, 0.3) is 5.91 Å². The van der Waals surface area contributed by atoms with Crippen LogP contribution in [0.2, 0.25) is 5.02 Å². The first kappa shape index (κ1) is 23.2. The lowest BCUT2D eigenvalue weighted by atomic mass is 9.78. The van der Waals surface area contributed by atoms with E-state index in [2.05, 4.69) is 10.6 Å². The van der Waals surface area contributed by atoms with Gasteiger partial charge in [-0.25, -0.2) is 4.79 Å². The summed E-state index contributed by atoms with van der Waals surface area (Å²) in [5, 5.41) is 5.84. The molecule has 1 saturated heterocycles. The number of nitrogens with one attached hydrogen (secondary N) is 2. The number of carbonyl (C=O) groups excluding carboxylic acids is 2. The van der Waals surface area contributed by atoms with E-state index in [1.807, 2.05) is 4.90 Å². The smallest absolute Gasteiger partial charge is 0.323 e. The van der Waals surface area contributed by atoms with Gasteiger partial charge in [0.2, 0.25) is 0 Å². The third-order valence-corrected chi connectivity index (χ3v) is 6.93. The molecule has 0 unspecified atom stereocenters. The zero-order valence-electron chi connectivity index (χ0n) is 19.0. The molecular formula is C25H30ClN3O4. The van der Waals surface area contributed by atoms with E-state index in [4.69, 9.17) is 21.1 Å². The molecule has 3 amide bonds. The molecule has 0 spiro atoms. The van der Waals surface area contributed by atoms with E-state index < -0.39 is 6.03 Å². The van der Waals surface area contributed by atoms with Crippen LogP contribution < -0.4 is 20.1 Å². The molecule has 2 N–H and O–H groups in total. The fourth-order valence-corrected chi connectivity index (χ4v) is 5.25. The first-order chi connectivity index (χ1) is 16.0. The second-order valence-electron chi connectivity index (χ2n) is 8.59. The predicted octanol–water partition coefficient (Wildman–Crippen LogP) is 5.80. The number of anilines is 2. The number of piperidine rings is 1. The summed E-state index contributed by atoms with van der Waals surface area (Å²) in [6.07, 6.45) is 6.96. The minimum absolute atomic E-state index is 0.0180. The number of hydrogen-bond donors (Lipinski definition) is 2. The molecule has 1 aliphatic carbocycles. The Kier molecular flexibility index (Phi) is 7.28. The molecule has 2 aromatic carbocycles. The summed E-state index contributed by atoms with van der Waals surface area (Å²) in [6.45, 7) is 0.780. The summed E-state index contributed by atoms with van der Waals surface area (Å²) >= 11 is 6.49. The molecule has 2 aromatic rings. The average Bonchev–Trinajstić information content (AvgIpc) is 2.83. The van der Waals surface area contributed by atoms with Gasteiger partial charge < -0.3 is 25.0 Å². The maximum atomic E-state index is 13.3. The van der Waals surface area contributed by atoms with Gasteiger partial charge in [-0.3, -0.25) is 4.79 Å². The van der Waals surface area contributed by atoms with Crippen LogP contribution in [-0.4, -0.2) is 43.6 Å². The number of benzene rings is 2. The minimum Gasteiger partial charge on any atom is -0.497 e. The second-order valence-corrected chi connectivity index (χ2v) is 9.00. The summed E-state index contributed by atoms with van der Waals surface area (Å²) in [6, 6.07) is 9.99. The van der Waals surface area contributed by atoms with E-state index in [1.54, 1.807) is 43.5 Å². The molecule has 4 rings (SSSR count). The molecule has 0 bridgehead atoms. The van der Waals surface area contributed by atoms with E-state index in [-0.39, 0.29) is 5.91 Å². The Balaban J connectivity index is 1.43. The maximum absolute atomic E-state index is 13.3. The molecule has 2 atom stereocenters. The lowest BCUT2D eigenvalue weighted by Crippen LogP contribution is -2.49. The van der Waals surface area contributed by atoms with Gasteiger partial charge in [-0.15, -0.1) is 0 Å². The third-order valence-electron chi connectivity index (χ3n) is 6.62. The Labute approximate surface area is 199 Å². The number of nitrogens with zero attached hydrogens (tertiary/aromatic N) is 1. The average molecular weight is 472 g/mol. The summed E-state index contributed by atoms with van der Waals surface area (Å²) in [7, 11) is 3.08. The van der Waals surface area contributed by atoms with E-state index in [9.17, 15) is 9.59 Å². The molecule has 8 heteroatoms. The quantitative estimate of drug-likeness (QED) is 0.577. The van der Waals surface area contributed by atoms with Crippen LogP contribution in [0.25, 0.3) is 0 Å². The van der Waals surface area contributed by atoms with Crippen molar-refractivity contribution >= 4 is 34.9 Å². The zero-order valence-corrected chi connectivity index (χ0v) is 19.8. The van der Waals surface area contributed by atoms with Crippen LogP contribution in [0.5, 0.6) is 11.5 Å². The third kappa shape index (κ3) is 5.19. The molecule has 0 radical (unpaired) electrons. The number of halogens is 1. The van der Waals surface area contributed by atoms with Crippen molar-refractivity contribution in [1.29, 1.82) is 0 Å². The van der Waals surface area contributed by atoms with Gasteiger partial charge in [-0.2, -0.15) is 0 Å². The van der Waals surface area contributed by atoms with Crippen molar-refractivity contribution in [3.8, 4) is 11.5 Å². The molecule has 176 valence electrons. The predicted molar refractivity (Wildman–Crippen MR) is 130 cm³/mol. The van der Waals surface area contributed by atoms with Crippen molar-refractivity contribution in [3.63, 3.8) is 0 Å². The van der Waals surface area contributed by atoms with Crippen molar-refractivity contribution in [3.05, 3.63) is 47.0 Å². The Bertz CT molecular complexity index is 1030. The largest absolute Gasteiger partial charge is 0.497 e. The number of rotatable bonds is 5.